The molecular weight excluding hydrogens is 238 g/mol. The van der Waals surface area contributed by atoms with Crippen molar-refractivity contribution < 1.29 is 0 Å². The number of nitrogens with zero attached hydrogens (tertiary/aromatic N) is 4. The smallest absolute Gasteiger partial charge is 0.125 e. The fraction of sp³-hybridized carbons (Fsp3) is 0.500. The quantitative estimate of drug-likeness (QED) is 0.915. The fourth-order valence-electron chi connectivity index (χ4n) is 2.76. The summed E-state index contributed by atoms with van der Waals surface area (Å²) in [6.45, 7) is 6.08. The average Bonchev–Trinajstić information content (AvgIpc) is 3.00. The van der Waals surface area contributed by atoms with Gasteiger partial charge >= 0.3 is 0 Å². The van der Waals surface area contributed by atoms with Crippen LogP contribution in [0.25, 0.3) is 0 Å². The minimum Gasteiger partial charge on any atom is -0.290 e. The van der Waals surface area contributed by atoms with E-state index in [0.29, 0.717) is 6.04 Å². The first-order chi connectivity index (χ1) is 9.24. The summed E-state index contributed by atoms with van der Waals surface area (Å²) in [6, 6.07) is 2.45. The van der Waals surface area contributed by atoms with E-state index in [1.165, 1.54) is 18.4 Å². The van der Waals surface area contributed by atoms with Gasteiger partial charge in [0.2, 0.25) is 0 Å². The highest BCUT2D eigenvalue weighted by atomic mass is 15.2. The maximum Gasteiger partial charge on any atom is 0.125 e. The molecule has 0 aromatic carbocycles. The Bertz CT molecular complexity index is 562. The van der Waals surface area contributed by atoms with Crippen LogP contribution >= 0.6 is 0 Å². The van der Waals surface area contributed by atoms with Crippen LogP contribution in [0, 0.1) is 13.8 Å². The van der Waals surface area contributed by atoms with E-state index in [0.717, 1.165) is 30.3 Å². The second-order valence-corrected chi connectivity index (χ2v) is 5.18. The fourth-order valence-corrected chi connectivity index (χ4v) is 2.76. The SMILES string of the molecule is Cc1nccc([C@@H]2CCCN2Cc2cn[nH]c2C)n1. The molecular formula is C14H19N5. The van der Waals surface area contributed by atoms with Gasteiger partial charge in [0.05, 0.1) is 17.9 Å². The number of rotatable bonds is 3. The first kappa shape index (κ1) is 12.3. The second kappa shape index (κ2) is 5.09. The monoisotopic (exact) mass is 257 g/mol. The lowest BCUT2D eigenvalue weighted by Gasteiger charge is -2.23. The van der Waals surface area contributed by atoms with Crippen LogP contribution < -0.4 is 0 Å². The minimum atomic E-state index is 0.413. The Morgan fingerprint density at radius 3 is 3.05 bits per heavy atom. The van der Waals surface area contributed by atoms with Crippen molar-refractivity contribution in [2.75, 3.05) is 6.54 Å². The predicted octanol–water partition coefficient (Wildman–Crippen LogP) is 2.15. The zero-order valence-corrected chi connectivity index (χ0v) is 11.4. The molecule has 2 aromatic heterocycles. The van der Waals surface area contributed by atoms with Gasteiger partial charge in [0, 0.05) is 24.0 Å². The molecule has 1 aliphatic heterocycles. The van der Waals surface area contributed by atoms with E-state index < -0.39 is 0 Å². The highest BCUT2D eigenvalue weighted by Gasteiger charge is 2.27. The van der Waals surface area contributed by atoms with Crippen molar-refractivity contribution in [2.45, 2.75) is 39.3 Å². The van der Waals surface area contributed by atoms with E-state index in [4.69, 9.17) is 0 Å². The zero-order valence-electron chi connectivity index (χ0n) is 11.4. The van der Waals surface area contributed by atoms with E-state index >= 15 is 0 Å². The van der Waals surface area contributed by atoms with Crippen molar-refractivity contribution in [3.8, 4) is 0 Å². The van der Waals surface area contributed by atoms with E-state index in [1.54, 1.807) is 0 Å². The van der Waals surface area contributed by atoms with E-state index in [2.05, 4.69) is 32.0 Å². The van der Waals surface area contributed by atoms with Gasteiger partial charge in [0.15, 0.2) is 0 Å². The van der Waals surface area contributed by atoms with Gasteiger partial charge in [0.1, 0.15) is 5.82 Å². The number of aromatic nitrogens is 4. The van der Waals surface area contributed by atoms with Crippen molar-refractivity contribution in [3.63, 3.8) is 0 Å². The molecule has 0 bridgehead atoms. The summed E-state index contributed by atoms with van der Waals surface area (Å²) < 4.78 is 0. The van der Waals surface area contributed by atoms with Crippen LogP contribution in [0.5, 0.6) is 0 Å². The van der Waals surface area contributed by atoms with Crippen molar-refractivity contribution in [2.24, 2.45) is 0 Å². The Labute approximate surface area is 113 Å². The van der Waals surface area contributed by atoms with Crippen LogP contribution in [-0.2, 0) is 6.54 Å². The van der Waals surface area contributed by atoms with Crippen molar-refractivity contribution in [1.82, 2.24) is 25.1 Å². The molecule has 2 aromatic rings. The Morgan fingerprint density at radius 1 is 1.42 bits per heavy atom. The molecule has 100 valence electrons. The molecule has 0 spiro atoms. The van der Waals surface area contributed by atoms with Gasteiger partial charge in [-0.25, -0.2) is 9.97 Å². The number of likely N-dealkylation sites (tertiary alicyclic amines) is 1. The molecule has 3 rings (SSSR count). The maximum atomic E-state index is 4.58. The maximum absolute atomic E-state index is 4.58. The van der Waals surface area contributed by atoms with Crippen LogP contribution in [0.3, 0.4) is 0 Å². The standard InChI is InChI=1S/C14H19N5/c1-10-12(8-16-18-10)9-19-7-3-4-14(19)13-5-6-15-11(2)17-13/h5-6,8,14H,3-4,7,9H2,1-2H3,(H,16,18)/t14-/m0/s1. The van der Waals surface area contributed by atoms with Crippen molar-refractivity contribution in [1.29, 1.82) is 0 Å². The lowest BCUT2D eigenvalue weighted by molar-refractivity contribution is 0.243. The molecule has 3 heterocycles. The molecule has 1 saturated heterocycles. The Kier molecular flexibility index (Phi) is 3.29. The Hall–Kier alpha value is -1.75. The normalized spacial score (nSPS) is 20.0. The predicted molar refractivity (Wildman–Crippen MR) is 72.5 cm³/mol. The lowest BCUT2D eigenvalue weighted by Crippen LogP contribution is -2.23. The summed E-state index contributed by atoms with van der Waals surface area (Å²) in [7, 11) is 0. The Morgan fingerprint density at radius 2 is 2.32 bits per heavy atom. The molecule has 5 nitrogen and oxygen atoms in total. The van der Waals surface area contributed by atoms with Crippen molar-refractivity contribution >= 4 is 0 Å². The van der Waals surface area contributed by atoms with E-state index in [9.17, 15) is 0 Å². The third-order valence-electron chi connectivity index (χ3n) is 3.81. The van der Waals surface area contributed by atoms with Gasteiger partial charge in [-0.1, -0.05) is 0 Å². The molecule has 1 N–H and O–H groups in total. The van der Waals surface area contributed by atoms with Gasteiger partial charge in [-0.2, -0.15) is 5.10 Å². The Balaban J connectivity index is 1.80. The molecule has 0 aliphatic carbocycles. The third kappa shape index (κ3) is 2.51. The molecule has 0 amide bonds. The number of H-pyrrole nitrogens is 1. The summed E-state index contributed by atoms with van der Waals surface area (Å²) in [5.41, 5.74) is 3.58. The number of aromatic amines is 1. The highest BCUT2D eigenvalue weighted by molar-refractivity contribution is 5.16. The minimum absolute atomic E-state index is 0.413. The number of hydrogen-bond acceptors (Lipinski definition) is 4. The third-order valence-corrected chi connectivity index (χ3v) is 3.81. The summed E-state index contributed by atoms with van der Waals surface area (Å²) in [5, 5.41) is 7.10. The lowest BCUT2D eigenvalue weighted by atomic mass is 10.1. The van der Waals surface area contributed by atoms with Crippen LogP contribution in [0.15, 0.2) is 18.5 Å². The van der Waals surface area contributed by atoms with Gasteiger partial charge in [-0.15, -0.1) is 0 Å². The molecule has 0 radical (unpaired) electrons. The van der Waals surface area contributed by atoms with Gasteiger partial charge in [0.25, 0.3) is 0 Å². The van der Waals surface area contributed by atoms with Crippen LogP contribution in [0.4, 0.5) is 0 Å². The molecule has 1 aliphatic rings. The number of hydrogen-bond donors (Lipinski definition) is 1. The molecule has 5 heteroatoms. The second-order valence-electron chi connectivity index (χ2n) is 5.18. The molecule has 19 heavy (non-hydrogen) atoms. The molecule has 1 atom stereocenters. The summed E-state index contributed by atoms with van der Waals surface area (Å²) in [4.78, 5) is 11.2. The average molecular weight is 257 g/mol. The summed E-state index contributed by atoms with van der Waals surface area (Å²) in [6.07, 6.45) is 6.19. The highest BCUT2D eigenvalue weighted by Crippen LogP contribution is 2.32. The zero-order chi connectivity index (χ0) is 13.2. The van der Waals surface area contributed by atoms with Gasteiger partial charge < -0.3 is 0 Å². The molecule has 0 saturated carbocycles. The van der Waals surface area contributed by atoms with Crippen LogP contribution in [-0.4, -0.2) is 31.6 Å². The molecule has 0 unspecified atom stereocenters. The number of nitrogens with one attached hydrogen (secondary N) is 1. The topological polar surface area (TPSA) is 57.7 Å². The largest absolute Gasteiger partial charge is 0.290 e. The number of aryl methyl sites for hydroxylation is 2. The first-order valence-corrected chi connectivity index (χ1v) is 6.76. The van der Waals surface area contributed by atoms with Crippen molar-refractivity contribution in [3.05, 3.63) is 41.2 Å². The van der Waals surface area contributed by atoms with Gasteiger partial charge in [-0.3, -0.25) is 10.00 Å². The molecule has 1 fully saturated rings. The van der Waals surface area contributed by atoms with E-state index in [-0.39, 0.29) is 0 Å². The van der Waals surface area contributed by atoms with Crippen LogP contribution in [0.1, 0.15) is 41.7 Å². The van der Waals surface area contributed by atoms with Gasteiger partial charge in [-0.05, 0) is 39.3 Å². The first-order valence-electron chi connectivity index (χ1n) is 6.76. The van der Waals surface area contributed by atoms with Crippen LogP contribution in [0.2, 0.25) is 0 Å². The summed E-state index contributed by atoms with van der Waals surface area (Å²) >= 11 is 0. The van der Waals surface area contributed by atoms with E-state index in [1.807, 2.05) is 25.4 Å². The summed E-state index contributed by atoms with van der Waals surface area (Å²) in [5.74, 6) is 0.851.